The predicted octanol–water partition coefficient (Wildman–Crippen LogP) is -0.346. The number of aliphatic carboxylic acids is 1. The van der Waals surface area contributed by atoms with Crippen molar-refractivity contribution < 1.29 is 29.4 Å². The molecule has 1 aromatic carbocycles. The molecule has 0 aliphatic rings. The van der Waals surface area contributed by atoms with Crippen LogP contribution in [0.4, 0.5) is 0 Å². The molecule has 14 heteroatoms. The van der Waals surface area contributed by atoms with Crippen molar-refractivity contribution in [1.29, 1.82) is 0 Å². The lowest BCUT2D eigenvalue weighted by Crippen LogP contribution is -2.57. The Bertz CT molecular complexity index is 1000. The second-order valence-corrected chi connectivity index (χ2v) is 10.8. The first-order chi connectivity index (χ1) is 18.8. The first-order valence-corrected chi connectivity index (χ1v) is 14.4. The quantitative estimate of drug-likeness (QED) is 0.0637. The van der Waals surface area contributed by atoms with Gasteiger partial charge in [0.15, 0.2) is 5.96 Å². The van der Waals surface area contributed by atoms with Crippen molar-refractivity contribution in [1.82, 2.24) is 16.0 Å². The maximum absolute atomic E-state index is 13.3. The minimum atomic E-state index is -1.27. The van der Waals surface area contributed by atoms with Gasteiger partial charge in [-0.3, -0.25) is 19.4 Å². The monoisotopic (exact) mass is 581 g/mol. The van der Waals surface area contributed by atoms with E-state index in [1.54, 1.807) is 23.9 Å². The number of carbonyl (C=O) groups is 4. The molecule has 3 amide bonds. The number of rotatable bonds is 18. The highest BCUT2D eigenvalue weighted by atomic mass is 32.2. The zero-order chi connectivity index (χ0) is 30.2. The van der Waals surface area contributed by atoms with Crippen LogP contribution in [0.1, 0.15) is 45.1 Å². The third kappa shape index (κ3) is 13.5. The summed E-state index contributed by atoms with van der Waals surface area (Å²) >= 11 is 1.54. The number of nitrogens with two attached hydrogens (primary N) is 3. The smallest absolute Gasteiger partial charge is 0.326 e. The van der Waals surface area contributed by atoms with Gasteiger partial charge in [0.25, 0.3) is 0 Å². The number of phenolic OH excluding ortho intramolecular Hbond substituents is 1. The van der Waals surface area contributed by atoms with E-state index in [9.17, 15) is 29.4 Å². The molecule has 11 N–H and O–H groups in total. The van der Waals surface area contributed by atoms with Crippen molar-refractivity contribution >= 4 is 41.4 Å². The molecule has 40 heavy (non-hydrogen) atoms. The first-order valence-electron chi connectivity index (χ1n) is 13.1. The highest BCUT2D eigenvalue weighted by Gasteiger charge is 2.30. The second-order valence-electron chi connectivity index (χ2n) is 9.86. The van der Waals surface area contributed by atoms with E-state index in [4.69, 9.17) is 17.2 Å². The Kier molecular flexibility index (Phi) is 15.5. The first kappa shape index (κ1) is 34.5. The fourth-order valence-electron chi connectivity index (χ4n) is 3.74. The Labute approximate surface area is 239 Å². The molecule has 224 valence electrons. The lowest BCUT2D eigenvalue weighted by Gasteiger charge is -2.26. The molecular weight excluding hydrogens is 538 g/mol. The van der Waals surface area contributed by atoms with E-state index in [0.29, 0.717) is 24.2 Å². The zero-order valence-corrected chi connectivity index (χ0v) is 24.1. The molecule has 0 aromatic heterocycles. The number of aliphatic imine (C=N–C) groups is 1. The summed E-state index contributed by atoms with van der Waals surface area (Å²) in [5.41, 5.74) is 17.3. The van der Waals surface area contributed by atoms with Crippen LogP contribution in [0.3, 0.4) is 0 Å². The van der Waals surface area contributed by atoms with Crippen LogP contribution in [0.5, 0.6) is 5.75 Å². The van der Waals surface area contributed by atoms with E-state index in [2.05, 4.69) is 20.9 Å². The molecule has 0 radical (unpaired) electrons. The maximum atomic E-state index is 13.3. The van der Waals surface area contributed by atoms with E-state index in [-0.39, 0.29) is 43.4 Å². The lowest BCUT2D eigenvalue weighted by molar-refractivity contribution is -0.142. The number of aromatic hydroxyl groups is 1. The number of guanidine groups is 1. The van der Waals surface area contributed by atoms with Crippen LogP contribution in [-0.4, -0.2) is 82.6 Å². The third-order valence-electron chi connectivity index (χ3n) is 5.88. The molecule has 4 unspecified atom stereocenters. The van der Waals surface area contributed by atoms with Gasteiger partial charge in [0.1, 0.15) is 23.9 Å². The number of carboxylic acid groups (broad SMARTS) is 1. The molecule has 0 aliphatic carbocycles. The summed E-state index contributed by atoms with van der Waals surface area (Å²) in [4.78, 5) is 55.0. The van der Waals surface area contributed by atoms with Gasteiger partial charge in [-0.15, -0.1) is 0 Å². The van der Waals surface area contributed by atoms with Gasteiger partial charge in [0, 0.05) is 13.0 Å². The van der Waals surface area contributed by atoms with Gasteiger partial charge >= 0.3 is 5.97 Å². The molecule has 4 atom stereocenters. The van der Waals surface area contributed by atoms with Gasteiger partial charge < -0.3 is 43.4 Å². The molecule has 0 saturated carbocycles. The molecular formula is C26H43N7O6S. The summed E-state index contributed by atoms with van der Waals surface area (Å²) in [6.45, 7) is 3.95. The average Bonchev–Trinajstić information content (AvgIpc) is 2.88. The standard InChI is InChI=1S/C26H43N7O6S/c1-15(2)13-20(24(37)33-21(25(38)39)14-16-6-8-17(34)9-7-16)32-23(36)19(5-4-11-30-26(28)29)31-22(35)18(27)10-12-40-3/h6-9,15,18-21,34H,4-5,10-14,27H2,1-3H3,(H,31,35)(H,32,36)(H,33,37)(H,38,39)(H4,28,29,30). The number of amides is 3. The highest BCUT2D eigenvalue weighted by molar-refractivity contribution is 7.98. The number of nitrogens with one attached hydrogen (secondary N) is 3. The Morgan fingerprint density at radius 1 is 0.925 bits per heavy atom. The molecule has 1 rings (SSSR count). The third-order valence-corrected chi connectivity index (χ3v) is 6.52. The summed E-state index contributed by atoms with van der Waals surface area (Å²) in [5.74, 6) is -2.45. The van der Waals surface area contributed by atoms with Gasteiger partial charge in [0.05, 0.1) is 6.04 Å². The van der Waals surface area contributed by atoms with Crippen LogP contribution in [0.2, 0.25) is 0 Å². The summed E-state index contributed by atoms with van der Waals surface area (Å²) in [5, 5.41) is 27.0. The van der Waals surface area contributed by atoms with E-state index in [1.165, 1.54) is 12.1 Å². The summed E-state index contributed by atoms with van der Waals surface area (Å²) in [6.07, 6.45) is 3.06. The number of hydrogen-bond acceptors (Lipinski definition) is 8. The molecule has 0 bridgehead atoms. The molecule has 13 nitrogen and oxygen atoms in total. The van der Waals surface area contributed by atoms with Crippen LogP contribution in [0.25, 0.3) is 0 Å². The number of carboxylic acids is 1. The largest absolute Gasteiger partial charge is 0.508 e. The number of nitrogens with zero attached hydrogens (tertiary/aromatic N) is 1. The van der Waals surface area contributed by atoms with Crippen LogP contribution in [0.15, 0.2) is 29.3 Å². The fourth-order valence-corrected chi connectivity index (χ4v) is 4.23. The molecule has 0 saturated heterocycles. The Balaban J connectivity index is 3.04. The summed E-state index contributed by atoms with van der Waals surface area (Å²) < 4.78 is 0. The Hall–Kier alpha value is -3.52. The van der Waals surface area contributed by atoms with Crippen molar-refractivity contribution in [2.75, 3.05) is 18.6 Å². The Morgan fingerprint density at radius 2 is 1.50 bits per heavy atom. The number of phenols is 1. The van der Waals surface area contributed by atoms with Crippen molar-refractivity contribution in [3.05, 3.63) is 29.8 Å². The molecule has 0 fully saturated rings. The molecule has 1 aromatic rings. The van der Waals surface area contributed by atoms with E-state index >= 15 is 0 Å². The zero-order valence-electron chi connectivity index (χ0n) is 23.3. The van der Waals surface area contributed by atoms with Gasteiger partial charge in [-0.2, -0.15) is 11.8 Å². The van der Waals surface area contributed by atoms with Crippen LogP contribution >= 0.6 is 11.8 Å². The van der Waals surface area contributed by atoms with Crippen LogP contribution in [-0.2, 0) is 25.6 Å². The number of carbonyl (C=O) groups excluding carboxylic acids is 3. The summed E-state index contributed by atoms with van der Waals surface area (Å²) in [7, 11) is 0. The normalized spacial score (nSPS) is 13.9. The van der Waals surface area contributed by atoms with Crippen molar-refractivity contribution in [2.45, 2.75) is 70.1 Å². The highest BCUT2D eigenvalue weighted by Crippen LogP contribution is 2.13. The minimum absolute atomic E-state index is 0.0219. The van der Waals surface area contributed by atoms with Gasteiger partial charge in [-0.1, -0.05) is 26.0 Å². The maximum Gasteiger partial charge on any atom is 0.326 e. The van der Waals surface area contributed by atoms with E-state index < -0.39 is 47.9 Å². The molecule has 0 aliphatic heterocycles. The van der Waals surface area contributed by atoms with Crippen molar-refractivity contribution in [3.8, 4) is 5.75 Å². The number of thioether (sulfide) groups is 1. The van der Waals surface area contributed by atoms with E-state index in [1.807, 2.05) is 20.1 Å². The molecule has 0 spiro atoms. The van der Waals surface area contributed by atoms with E-state index in [0.717, 1.165) is 0 Å². The van der Waals surface area contributed by atoms with Gasteiger partial charge in [-0.05, 0) is 61.3 Å². The summed E-state index contributed by atoms with van der Waals surface area (Å²) in [6, 6.07) is 1.81. The van der Waals surface area contributed by atoms with Gasteiger partial charge in [0.2, 0.25) is 17.7 Å². The van der Waals surface area contributed by atoms with Crippen LogP contribution < -0.4 is 33.2 Å². The fraction of sp³-hybridized carbons (Fsp3) is 0.577. The predicted molar refractivity (Wildman–Crippen MR) is 156 cm³/mol. The van der Waals surface area contributed by atoms with Crippen molar-refractivity contribution in [3.63, 3.8) is 0 Å². The average molecular weight is 582 g/mol. The number of benzene rings is 1. The number of hydrogen-bond donors (Lipinski definition) is 8. The van der Waals surface area contributed by atoms with Crippen molar-refractivity contribution in [2.24, 2.45) is 28.1 Å². The second kappa shape index (κ2) is 17.9. The van der Waals surface area contributed by atoms with Gasteiger partial charge in [-0.25, -0.2) is 4.79 Å². The Morgan fingerprint density at radius 3 is 2.05 bits per heavy atom. The topological polar surface area (TPSA) is 235 Å². The molecule has 0 heterocycles. The SMILES string of the molecule is CSCCC(N)C(=O)NC(CCCN=C(N)N)C(=O)NC(CC(C)C)C(=O)NC(Cc1ccc(O)cc1)C(=O)O. The van der Waals surface area contributed by atoms with Crippen LogP contribution in [0, 0.1) is 5.92 Å². The lowest BCUT2D eigenvalue weighted by atomic mass is 10.0. The minimum Gasteiger partial charge on any atom is -0.508 e.